The Balaban J connectivity index is 2.25. The quantitative estimate of drug-likeness (QED) is 0.707. The summed E-state index contributed by atoms with van der Waals surface area (Å²) in [5.74, 6) is 0.438. The van der Waals surface area contributed by atoms with Gasteiger partial charge < -0.3 is 4.74 Å². The minimum atomic E-state index is -3.96. The number of ether oxygens (including phenoxy) is 1. The van der Waals surface area contributed by atoms with Crippen molar-refractivity contribution < 1.29 is 13.2 Å². The van der Waals surface area contributed by atoms with E-state index < -0.39 is 10.0 Å². The molecule has 0 atom stereocenters. The predicted molar refractivity (Wildman–Crippen MR) is 92.2 cm³/mol. The highest BCUT2D eigenvalue weighted by atomic mass is 35.5. The van der Waals surface area contributed by atoms with Crippen molar-refractivity contribution in [3.63, 3.8) is 0 Å². The Morgan fingerprint density at radius 3 is 2.58 bits per heavy atom. The molecule has 2 aromatic carbocycles. The molecular weight excluding hydrogens is 350 g/mol. The van der Waals surface area contributed by atoms with E-state index in [1.807, 2.05) is 19.9 Å². The second kappa shape index (κ2) is 6.07. The monoisotopic (exact) mass is 365 g/mol. The molecule has 3 rings (SSSR count). The van der Waals surface area contributed by atoms with Crippen LogP contribution < -0.4 is 4.74 Å². The third-order valence-corrected chi connectivity index (χ3v) is 5.57. The first-order chi connectivity index (χ1) is 11.3. The lowest BCUT2D eigenvalue weighted by Gasteiger charge is -2.13. The van der Waals surface area contributed by atoms with Crippen LogP contribution in [-0.2, 0) is 10.0 Å². The van der Waals surface area contributed by atoms with Crippen molar-refractivity contribution in [3.05, 3.63) is 47.0 Å². The summed E-state index contributed by atoms with van der Waals surface area (Å²) in [6.07, 6.45) is 0. The van der Waals surface area contributed by atoms with Crippen molar-refractivity contribution in [2.45, 2.75) is 24.7 Å². The zero-order valence-corrected chi connectivity index (χ0v) is 15.0. The third-order valence-electron chi connectivity index (χ3n) is 3.74. The van der Waals surface area contributed by atoms with Crippen molar-refractivity contribution in [1.29, 1.82) is 0 Å². The van der Waals surface area contributed by atoms with Gasteiger partial charge >= 0.3 is 0 Å². The summed E-state index contributed by atoms with van der Waals surface area (Å²) in [6.45, 7) is 3.98. The zero-order chi connectivity index (χ0) is 17.5. The van der Waals surface area contributed by atoms with Crippen molar-refractivity contribution in [3.8, 4) is 5.75 Å². The van der Waals surface area contributed by atoms with E-state index in [0.717, 1.165) is 9.65 Å². The standard InChI is InChI=1S/C16H16ClN3O3S/c1-10(2)11-4-7-15(23-3)16(8-11)24(21,22)20-14-6-5-12(17)9-13(14)18-19-20/h4-10H,1-3H3. The summed E-state index contributed by atoms with van der Waals surface area (Å²) >= 11 is 5.92. The molecule has 24 heavy (non-hydrogen) atoms. The van der Waals surface area contributed by atoms with Gasteiger partial charge in [0.05, 0.1) is 7.11 Å². The number of methoxy groups -OCH3 is 1. The number of aromatic nitrogens is 3. The summed E-state index contributed by atoms with van der Waals surface area (Å²) in [7, 11) is -2.53. The first-order valence-corrected chi connectivity index (χ1v) is 9.11. The maximum absolute atomic E-state index is 13.1. The average molecular weight is 366 g/mol. The maximum atomic E-state index is 13.1. The van der Waals surface area contributed by atoms with E-state index in [4.69, 9.17) is 16.3 Å². The van der Waals surface area contributed by atoms with E-state index in [1.54, 1.807) is 30.3 Å². The molecule has 0 radical (unpaired) electrons. The largest absolute Gasteiger partial charge is 0.495 e. The molecule has 0 fully saturated rings. The molecule has 126 valence electrons. The number of rotatable bonds is 4. The van der Waals surface area contributed by atoms with Gasteiger partial charge in [-0.25, -0.2) is 0 Å². The van der Waals surface area contributed by atoms with E-state index in [1.165, 1.54) is 7.11 Å². The van der Waals surface area contributed by atoms with Gasteiger partial charge in [-0.05, 0) is 41.8 Å². The van der Waals surface area contributed by atoms with Gasteiger partial charge in [-0.1, -0.05) is 36.7 Å². The van der Waals surface area contributed by atoms with Crippen LogP contribution in [0.25, 0.3) is 11.0 Å². The van der Waals surface area contributed by atoms with Gasteiger partial charge in [-0.15, -0.1) is 9.19 Å². The molecule has 0 N–H and O–H groups in total. The smallest absolute Gasteiger partial charge is 0.288 e. The van der Waals surface area contributed by atoms with E-state index in [2.05, 4.69) is 10.3 Å². The second-order valence-electron chi connectivity index (χ2n) is 5.64. The van der Waals surface area contributed by atoms with Gasteiger partial charge in [-0.3, -0.25) is 0 Å². The van der Waals surface area contributed by atoms with Crippen LogP contribution in [0.2, 0.25) is 5.02 Å². The molecule has 0 aliphatic heterocycles. The normalized spacial score (nSPS) is 12.0. The van der Waals surface area contributed by atoms with Crippen molar-refractivity contribution in [2.24, 2.45) is 0 Å². The summed E-state index contributed by atoms with van der Waals surface area (Å²) in [5, 5.41) is 8.16. The van der Waals surface area contributed by atoms with Gasteiger partial charge in [0.1, 0.15) is 21.7 Å². The number of hydrogen-bond acceptors (Lipinski definition) is 5. The van der Waals surface area contributed by atoms with E-state index >= 15 is 0 Å². The Bertz CT molecular complexity index is 1010. The van der Waals surface area contributed by atoms with Crippen LogP contribution in [0.1, 0.15) is 25.3 Å². The molecule has 0 saturated carbocycles. The lowest BCUT2D eigenvalue weighted by molar-refractivity contribution is 0.402. The fourth-order valence-corrected chi connectivity index (χ4v) is 3.99. The topological polar surface area (TPSA) is 74.1 Å². The van der Waals surface area contributed by atoms with Gasteiger partial charge in [0.2, 0.25) is 0 Å². The van der Waals surface area contributed by atoms with Crippen LogP contribution in [0, 0.1) is 0 Å². The molecule has 3 aromatic rings. The van der Waals surface area contributed by atoms with Crippen molar-refractivity contribution in [1.82, 2.24) is 14.4 Å². The predicted octanol–water partition coefficient (Wildman–Crippen LogP) is 3.45. The minimum absolute atomic E-state index is 0.0537. The molecule has 1 aromatic heterocycles. The summed E-state index contributed by atoms with van der Waals surface area (Å²) in [4.78, 5) is 0.0537. The van der Waals surface area contributed by atoms with Crippen LogP contribution in [0.15, 0.2) is 41.3 Å². The lowest BCUT2D eigenvalue weighted by Crippen LogP contribution is -2.16. The van der Waals surface area contributed by atoms with Crippen LogP contribution >= 0.6 is 11.6 Å². The van der Waals surface area contributed by atoms with Gasteiger partial charge in [-0.2, -0.15) is 8.42 Å². The van der Waals surface area contributed by atoms with Gasteiger partial charge in [0.15, 0.2) is 0 Å². The highest BCUT2D eigenvalue weighted by Crippen LogP contribution is 2.30. The highest BCUT2D eigenvalue weighted by molar-refractivity contribution is 7.90. The molecule has 0 bridgehead atoms. The summed E-state index contributed by atoms with van der Waals surface area (Å²) in [5.41, 5.74) is 1.66. The molecule has 0 unspecified atom stereocenters. The zero-order valence-electron chi connectivity index (χ0n) is 13.4. The van der Waals surface area contributed by atoms with Crippen LogP contribution in [-0.4, -0.2) is 29.9 Å². The number of hydrogen-bond donors (Lipinski definition) is 0. The number of benzene rings is 2. The molecule has 6 nitrogen and oxygen atoms in total. The van der Waals surface area contributed by atoms with Gasteiger partial charge in [0.25, 0.3) is 10.0 Å². The molecule has 8 heteroatoms. The molecular formula is C16H16ClN3O3S. The van der Waals surface area contributed by atoms with E-state index in [0.29, 0.717) is 16.1 Å². The molecule has 0 aliphatic carbocycles. The Kier molecular flexibility index (Phi) is 4.23. The lowest BCUT2D eigenvalue weighted by atomic mass is 10.0. The Morgan fingerprint density at radius 2 is 1.92 bits per heavy atom. The third kappa shape index (κ3) is 2.74. The molecule has 0 aliphatic rings. The maximum Gasteiger partial charge on any atom is 0.288 e. The van der Waals surface area contributed by atoms with Crippen molar-refractivity contribution >= 4 is 32.7 Å². The fraction of sp³-hybridized carbons (Fsp3) is 0.250. The van der Waals surface area contributed by atoms with E-state index in [-0.39, 0.29) is 16.6 Å². The Morgan fingerprint density at radius 1 is 1.17 bits per heavy atom. The average Bonchev–Trinajstić information content (AvgIpc) is 2.97. The number of nitrogens with zero attached hydrogens (tertiary/aromatic N) is 3. The van der Waals surface area contributed by atoms with Crippen LogP contribution in [0.4, 0.5) is 0 Å². The second-order valence-corrected chi connectivity index (χ2v) is 7.81. The highest BCUT2D eigenvalue weighted by Gasteiger charge is 2.26. The summed E-state index contributed by atoms with van der Waals surface area (Å²) in [6, 6.07) is 9.86. The molecule has 0 saturated heterocycles. The number of fused-ring (bicyclic) bond motifs is 1. The SMILES string of the molecule is COc1ccc(C(C)C)cc1S(=O)(=O)n1nnc2cc(Cl)ccc21. The Labute approximate surface area is 145 Å². The van der Waals surface area contributed by atoms with Crippen LogP contribution in [0.5, 0.6) is 5.75 Å². The fourth-order valence-electron chi connectivity index (χ4n) is 2.40. The van der Waals surface area contributed by atoms with Gasteiger partial charge in [0, 0.05) is 5.02 Å². The first-order valence-electron chi connectivity index (χ1n) is 7.29. The first kappa shape index (κ1) is 16.7. The number of halogens is 1. The Hall–Kier alpha value is -2.12. The van der Waals surface area contributed by atoms with Crippen molar-refractivity contribution in [2.75, 3.05) is 7.11 Å². The van der Waals surface area contributed by atoms with E-state index in [9.17, 15) is 8.42 Å². The molecule has 0 spiro atoms. The molecule has 1 heterocycles. The van der Waals surface area contributed by atoms with Crippen LogP contribution in [0.3, 0.4) is 0 Å². The molecule has 0 amide bonds. The minimum Gasteiger partial charge on any atom is -0.495 e. The summed E-state index contributed by atoms with van der Waals surface area (Å²) < 4.78 is 32.3.